The second-order valence-electron chi connectivity index (χ2n) is 0.476. The van der Waals surface area contributed by atoms with Gasteiger partial charge in [0.1, 0.15) is 0 Å². The summed E-state index contributed by atoms with van der Waals surface area (Å²) in [6.07, 6.45) is 0. The molecule has 0 saturated heterocycles. The molecule has 0 atom stereocenters. The normalized spacial score (nSPS) is 4.42. The van der Waals surface area contributed by atoms with Gasteiger partial charge >= 0.3 is 0 Å². The number of nitrogens with zero attached hydrogens (tertiary/aromatic N) is 2. The van der Waals surface area contributed by atoms with Gasteiger partial charge in [-0.15, -0.1) is 28.2 Å². The van der Waals surface area contributed by atoms with Crippen LogP contribution in [0.15, 0.2) is 0 Å². The van der Waals surface area contributed by atoms with E-state index in [0.29, 0.717) is 0 Å². The monoisotopic (exact) mass is 330 g/mol. The molecular weight excluding hydrogens is 327 g/mol. The summed E-state index contributed by atoms with van der Waals surface area (Å²) < 4.78 is 0. The van der Waals surface area contributed by atoms with Gasteiger partial charge in [-0.3, -0.25) is 0 Å². The van der Waals surface area contributed by atoms with Crippen molar-refractivity contribution in [3.8, 4) is 0 Å². The number of nitrogens with one attached hydrogen (secondary N) is 1. The van der Waals surface area contributed by atoms with Gasteiger partial charge in [-0.05, 0) is 0 Å². The van der Waals surface area contributed by atoms with Crippen LogP contribution >= 0.6 is 0 Å². The molecule has 3 N–H and O–H groups in total. The van der Waals surface area contributed by atoms with Gasteiger partial charge in [-0.2, -0.15) is 0 Å². The minimum atomic E-state index is -1.50. The molecule has 0 spiro atoms. The van der Waals surface area contributed by atoms with E-state index in [1.807, 2.05) is 0 Å². The summed E-state index contributed by atoms with van der Waals surface area (Å²) in [5, 5.41) is 27.3. The molecule has 0 aromatic heterocycles. The van der Waals surface area contributed by atoms with Crippen molar-refractivity contribution in [1.82, 2.24) is 0 Å². The quantitative estimate of drug-likeness (QED) is 0.345. The van der Waals surface area contributed by atoms with Crippen LogP contribution in [0.5, 0.6) is 0 Å². The smallest absolute Gasteiger partial charge is 0.291 e. The Labute approximate surface area is 118 Å². The Bertz CT molecular complexity index is 78.8. The molecule has 0 bridgehead atoms. The summed E-state index contributed by atoms with van der Waals surface area (Å²) in [4.78, 5) is 16.7. The molecule has 0 saturated carbocycles. The van der Waals surface area contributed by atoms with Crippen molar-refractivity contribution in [2.75, 3.05) is 0 Å². The molecule has 0 amide bonds. The molecule has 0 fully saturated rings. The van der Waals surface area contributed by atoms with Crippen LogP contribution in [0.1, 0.15) is 0 Å². The molecule has 0 heterocycles. The summed E-state index contributed by atoms with van der Waals surface area (Å²) >= 11 is 0. The first-order valence-electron chi connectivity index (χ1n) is 1.42. The van der Waals surface area contributed by atoms with Crippen LogP contribution < -0.4 is 0 Å². The second kappa shape index (κ2) is 29.9. The van der Waals surface area contributed by atoms with Crippen molar-refractivity contribution in [3.63, 3.8) is 0 Å². The van der Waals surface area contributed by atoms with Crippen LogP contribution in [-0.4, -0.2) is 28.6 Å². The number of hydrogen-bond donors (Lipinski definition) is 2. The molecule has 64 valence electrons. The van der Waals surface area contributed by atoms with Crippen molar-refractivity contribution < 1.29 is 86.0 Å². The maximum Gasteiger partial charge on any atom is 0.291 e. The summed E-state index contributed by atoms with van der Waals surface area (Å²) in [6.45, 7) is 0. The van der Waals surface area contributed by atoms with Crippen LogP contribution in [0.3, 0.4) is 0 Å². The molecule has 9 nitrogen and oxygen atoms in total. The van der Waals surface area contributed by atoms with Gasteiger partial charge < -0.3 is 16.1 Å². The van der Waals surface area contributed by atoms with Crippen LogP contribution in [0.2, 0.25) is 0 Å². The summed E-state index contributed by atoms with van der Waals surface area (Å²) in [5.74, 6) is 0. The third-order valence-electron chi connectivity index (χ3n) is 0. The molecule has 0 aromatic carbocycles. The van der Waals surface area contributed by atoms with E-state index in [-0.39, 0.29) is 65.4 Å². The first-order chi connectivity index (χ1) is 4.46. The van der Waals surface area contributed by atoms with Crippen LogP contribution in [0, 0.1) is 20.2 Å². The molecule has 4 radical (unpaired) electrons. The Morgan fingerprint density at radius 1 is 1.00 bits per heavy atom. The van der Waals surface area contributed by atoms with Gasteiger partial charge in [-0.1, -0.05) is 0 Å². The third kappa shape index (κ3) is 2460. The third-order valence-corrected chi connectivity index (χ3v) is 0. The Morgan fingerprint density at radius 2 is 1.00 bits per heavy atom. The van der Waals surface area contributed by atoms with E-state index in [0.717, 1.165) is 0 Å². The number of hydrogen-bond acceptors (Lipinski definition) is 4. The Balaban J connectivity index is -0.0000000198. The van der Waals surface area contributed by atoms with Crippen molar-refractivity contribution in [3.05, 3.63) is 25.9 Å². The first kappa shape index (κ1) is 29.3. The second-order valence-corrected chi connectivity index (χ2v) is 0.476. The van der Waals surface area contributed by atoms with E-state index >= 15 is 0 Å². The van der Waals surface area contributed by atoms with Crippen molar-refractivity contribution in [2.24, 2.45) is 0 Å². The molecule has 12 heavy (non-hydrogen) atoms. The van der Waals surface area contributed by atoms with Crippen LogP contribution in [0.25, 0.3) is 5.64 Å². The average Bonchev–Trinajstić information content (AvgIpc) is 1.66. The molecule has 0 aliphatic heterocycles. The molecule has 12 heteroatoms. The van der Waals surface area contributed by atoms with Gasteiger partial charge in [0.25, 0.3) is 10.2 Å². The summed E-state index contributed by atoms with van der Waals surface area (Å²) in [6, 6.07) is 0. The standard InChI is InChI=1S/BHN.2HNO3.2Y/c1-2;2*2-1(3)4;;/h2H;2*(H,2,3,4);;/q-1;;;;. The summed E-state index contributed by atoms with van der Waals surface area (Å²) in [7, 11) is 3.75. The van der Waals surface area contributed by atoms with E-state index in [1.165, 1.54) is 0 Å². The SMILES string of the molecule is O=[N+]([O-])O.O=[N+]([O-])O.[B][NH-].[Y].[Y]. The van der Waals surface area contributed by atoms with Gasteiger partial charge in [0.15, 0.2) is 0 Å². The van der Waals surface area contributed by atoms with Crippen LogP contribution in [0.4, 0.5) is 0 Å². The van der Waals surface area contributed by atoms with Crippen molar-refractivity contribution >= 4 is 7.98 Å². The Morgan fingerprint density at radius 3 is 1.00 bits per heavy atom. The van der Waals surface area contributed by atoms with E-state index < -0.39 is 10.2 Å². The van der Waals surface area contributed by atoms with Gasteiger partial charge in [-0.25, -0.2) is 0 Å². The number of rotatable bonds is 0. The van der Waals surface area contributed by atoms with Gasteiger partial charge in [0, 0.05) is 65.4 Å². The molecular formula is H3BN3O6Y2-. The fourth-order valence-electron chi connectivity index (χ4n) is 0. The van der Waals surface area contributed by atoms with E-state index in [9.17, 15) is 0 Å². The topological polar surface area (TPSA) is 151 Å². The zero-order chi connectivity index (χ0) is 9.15. The molecule has 0 aromatic rings. The Kier molecular flexibility index (Phi) is 73.1. The molecule has 0 rings (SSSR count). The average molecular weight is 330 g/mol. The zero-order valence-electron chi connectivity index (χ0n) is 5.65. The molecule has 0 aliphatic rings. The van der Waals surface area contributed by atoms with E-state index in [4.69, 9.17) is 36.3 Å². The first-order valence-corrected chi connectivity index (χ1v) is 1.42. The molecule has 0 unspecified atom stereocenters. The summed E-state index contributed by atoms with van der Waals surface area (Å²) in [5.41, 5.74) is 5.25. The largest absolute Gasteiger partial charge is 0.716 e. The fraction of sp³-hybridized carbons (Fsp3) is 0. The van der Waals surface area contributed by atoms with Crippen LogP contribution in [-0.2, 0) is 65.4 Å². The minimum absolute atomic E-state index is 0. The van der Waals surface area contributed by atoms with E-state index in [1.54, 1.807) is 0 Å². The fourth-order valence-corrected chi connectivity index (χ4v) is 0. The predicted octanol–water partition coefficient (Wildman–Crippen LogP) is -0.578. The maximum absolute atomic E-state index is 8.36. The van der Waals surface area contributed by atoms with Gasteiger partial charge in [0.05, 0.1) is 0 Å². The zero-order valence-corrected chi connectivity index (χ0v) is 11.3. The van der Waals surface area contributed by atoms with Gasteiger partial charge in [0.2, 0.25) is 0 Å². The minimum Gasteiger partial charge on any atom is -0.716 e. The molecule has 0 aliphatic carbocycles. The predicted molar refractivity (Wildman–Crippen MR) is 27.6 cm³/mol. The van der Waals surface area contributed by atoms with Crippen molar-refractivity contribution in [1.29, 1.82) is 0 Å². The van der Waals surface area contributed by atoms with Crippen molar-refractivity contribution in [2.45, 2.75) is 0 Å². The van der Waals surface area contributed by atoms with E-state index in [2.05, 4.69) is 7.98 Å². The maximum atomic E-state index is 8.36. The Hall–Kier alpha value is 0.633.